The fourth-order valence-corrected chi connectivity index (χ4v) is 2.19. The van der Waals surface area contributed by atoms with Crippen molar-refractivity contribution in [1.29, 1.82) is 0 Å². The summed E-state index contributed by atoms with van der Waals surface area (Å²) in [5, 5.41) is 0. The lowest BCUT2D eigenvalue weighted by molar-refractivity contribution is -0.118. The molecule has 112 valence electrons. The number of Topliss-reactive ketones (excluding diaryl/α,β-unsaturated/α-hetero) is 1. The third kappa shape index (κ3) is 6.42. The fourth-order valence-electron chi connectivity index (χ4n) is 1.94. The Labute approximate surface area is 125 Å². The molecule has 0 aromatic heterocycles. The van der Waals surface area contributed by atoms with E-state index in [2.05, 4.69) is 0 Å². The Morgan fingerprint density at radius 3 is 2.80 bits per heavy atom. The topological polar surface area (TPSA) is 26.3 Å². The summed E-state index contributed by atoms with van der Waals surface area (Å²) in [4.78, 5) is 11.2. The van der Waals surface area contributed by atoms with Gasteiger partial charge in [-0.2, -0.15) is 0 Å². The molecule has 0 unspecified atom stereocenters. The van der Waals surface area contributed by atoms with Crippen molar-refractivity contribution in [2.24, 2.45) is 0 Å². The van der Waals surface area contributed by atoms with Gasteiger partial charge in [0.05, 0.1) is 0 Å². The van der Waals surface area contributed by atoms with Crippen molar-refractivity contribution in [3.8, 4) is 5.75 Å². The molecule has 0 fully saturated rings. The van der Waals surface area contributed by atoms with Gasteiger partial charge in [0.15, 0.2) is 11.6 Å². The summed E-state index contributed by atoms with van der Waals surface area (Å²) in [5.74, 6) is 0.813. The first-order chi connectivity index (χ1) is 9.67. The lowest BCUT2D eigenvalue weighted by Gasteiger charge is -2.08. The van der Waals surface area contributed by atoms with Gasteiger partial charge in [-0.3, -0.25) is 4.79 Å². The second-order valence-electron chi connectivity index (χ2n) is 4.77. The number of carbonyl (C=O) groups excluding carboxylic acids is 1. The molecule has 0 atom stereocenters. The minimum absolute atomic E-state index is 0.309. The van der Waals surface area contributed by atoms with Crippen LogP contribution in [0.25, 0.3) is 0 Å². The van der Waals surface area contributed by atoms with E-state index in [-0.39, 0.29) is 5.82 Å². The van der Waals surface area contributed by atoms with E-state index in [1.165, 1.54) is 17.8 Å². The van der Waals surface area contributed by atoms with E-state index in [0.29, 0.717) is 30.3 Å². The number of thioether (sulfide) groups is 1. The number of halogens is 1. The Balaban J connectivity index is 2.34. The number of benzene rings is 1. The molecule has 0 radical (unpaired) electrons. The van der Waals surface area contributed by atoms with Crippen molar-refractivity contribution in [3.05, 3.63) is 29.6 Å². The monoisotopic (exact) mass is 298 g/mol. The second kappa shape index (κ2) is 9.81. The fraction of sp³-hybridized carbons (Fsp3) is 0.562. The van der Waals surface area contributed by atoms with Crippen LogP contribution in [0.3, 0.4) is 0 Å². The van der Waals surface area contributed by atoms with Crippen molar-refractivity contribution in [1.82, 2.24) is 0 Å². The minimum Gasteiger partial charge on any atom is -0.480 e. The standard InChI is InChI=1S/C16H23FO2S/c1-3-14(18)8-6-4-5-7-13-9-10-15(17)16(11-13)19-12-20-2/h9-11H,3-8,12H2,1-2H3. The van der Waals surface area contributed by atoms with Gasteiger partial charge in [-0.05, 0) is 43.2 Å². The molecule has 0 saturated heterocycles. The Morgan fingerprint density at radius 1 is 1.30 bits per heavy atom. The predicted octanol–water partition coefficient (Wildman–Crippen LogP) is 4.61. The number of hydrogen-bond acceptors (Lipinski definition) is 3. The van der Waals surface area contributed by atoms with Gasteiger partial charge in [-0.1, -0.05) is 19.4 Å². The normalized spacial score (nSPS) is 10.6. The first-order valence-corrected chi connectivity index (χ1v) is 8.48. The molecule has 0 aliphatic heterocycles. The average Bonchev–Trinajstić information content (AvgIpc) is 2.46. The highest BCUT2D eigenvalue weighted by molar-refractivity contribution is 7.98. The quantitative estimate of drug-likeness (QED) is 0.466. The number of rotatable bonds is 10. The maximum absolute atomic E-state index is 13.5. The van der Waals surface area contributed by atoms with Crippen LogP contribution in [0, 0.1) is 5.82 Å². The largest absolute Gasteiger partial charge is 0.480 e. The van der Waals surface area contributed by atoms with Crippen molar-refractivity contribution < 1.29 is 13.9 Å². The van der Waals surface area contributed by atoms with E-state index in [1.54, 1.807) is 12.1 Å². The number of aryl methyl sites for hydroxylation is 1. The van der Waals surface area contributed by atoms with E-state index in [4.69, 9.17) is 4.74 Å². The minimum atomic E-state index is -0.309. The van der Waals surface area contributed by atoms with E-state index in [9.17, 15) is 9.18 Å². The summed E-state index contributed by atoms with van der Waals surface area (Å²) < 4.78 is 18.8. The zero-order valence-corrected chi connectivity index (χ0v) is 13.1. The molecule has 0 saturated carbocycles. The van der Waals surface area contributed by atoms with Crippen LogP contribution < -0.4 is 4.74 Å². The number of unbranched alkanes of at least 4 members (excludes halogenated alkanes) is 2. The zero-order chi connectivity index (χ0) is 14.8. The molecule has 0 aliphatic rings. The van der Waals surface area contributed by atoms with E-state index < -0.39 is 0 Å². The highest BCUT2D eigenvalue weighted by atomic mass is 32.2. The summed E-state index contributed by atoms with van der Waals surface area (Å²) in [6, 6.07) is 5.05. The number of carbonyl (C=O) groups is 1. The Kier molecular flexibility index (Phi) is 8.35. The van der Waals surface area contributed by atoms with Gasteiger partial charge in [-0.15, -0.1) is 11.8 Å². The molecule has 2 nitrogen and oxygen atoms in total. The van der Waals surface area contributed by atoms with Crippen molar-refractivity contribution in [3.63, 3.8) is 0 Å². The molecule has 0 aliphatic carbocycles. The number of hydrogen-bond donors (Lipinski definition) is 0. The average molecular weight is 298 g/mol. The van der Waals surface area contributed by atoms with Gasteiger partial charge < -0.3 is 4.74 Å². The van der Waals surface area contributed by atoms with Crippen LogP contribution >= 0.6 is 11.8 Å². The maximum atomic E-state index is 13.5. The van der Waals surface area contributed by atoms with Crippen LogP contribution in [0.5, 0.6) is 5.75 Å². The summed E-state index contributed by atoms with van der Waals surface area (Å²) >= 11 is 1.52. The van der Waals surface area contributed by atoms with Crippen molar-refractivity contribution in [2.45, 2.75) is 45.4 Å². The van der Waals surface area contributed by atoms with Crippen LogP contribution in [0.4, 0.5) is 4.39 Å². The van der Waals surface area contributed by atoms with Crippen LogP contribution in [0.1, 0.15) is 44.6 Å². The Bertz CT molecular complexity index is 421. The third-order valence-corrected chi connectivity index (χ3v) is 3.50. The van der Waals surface area contributed by atoms with Gasteiger partial charge in [0, 0.05) is 12.8 Å². The molecular weight excluding hydrogens is 275 g/mol. The second-order valence-corrected chi connectivity index (χ2v) is 5.58. The maximum Gasteiger partial charge on any atom is 0.165 e. The van der Waals surface area contributed by atoms with Crippen LogP contribution in [-0.2, 0) is 11.2 Å². The smallest absolute Gasteiger partial charge is 0.165 e. The predicted molar refractivity (Wildman–Crippen MR) is 82.9 cm³/mol. The van der Waals surface area contributed by atoms with Gasteiger partial charge in [0.25, 0.3) is 0 Å². The van der Waals surface area contributed by atoms with Gasteiger partial charge in [0.1, 0.15) is 11.7 Å². The molecule has 0 heterocycles. The summed E-state index contributed by atoms with van der Waals surface area (Å²) in [6.07, 6.45) is 7.13. The van der Waals surface area contributed by atoms with E-state index in [0.717, 1.165) is 31.2 Å². The molecule has 4 heteroatoms. The van der Waals surface area contributed by atoms with E-state index in [1.807, 2.05) is 13.2 Å². The van der Waals surface area contributed by atoms with Gasteiger partial charge >= 0.3 is 0 Å². The number of ketones is 1. The highest BCUT2D eigenvalue weighted by Gasteiger charge is 2.05. The van der Waals surface area contributed by atoms with Crippen molar-refractivity contribution >= 4 is 17.5 Å². The summed E-state index contributed by atoms with van der Waals surface area (Å²) in [5.41, 5.74) is 1.09. The molecule has 1 aromatic rings. The number of ether oxygens (including phenoxy) is 1. The first-order valence-electron chi connectivity index (χ1n) is 7.09. The molecule has 0 bridgehead atoms. The van der Waals surface area contributed by atoms with Gasteiger partial charge in [0.2, 0.25) is 0 Å². The lowest BCUT2D eigenvalue weighted by atomic mass is 10.0. The highest BCUT2D eigenvalue weighted by Crippen LogP contribution is 2.21. The SMILES string of the molecule is CCC(=O)CCCCCc1ccc(F)c(OCSC)c1. The van der Waals surface area contributed by atoms with E-state index >= 15 is 0 Å². The van der Waals surface area contributed by atoms with Crippen molar-refractivity contribution in [2.75, 3.05) is 12.2 Å². The molecule has 0 amide bonds. The first kappa shape index (κ1) is 17.0. The molecule has 0 spiro atoms. The Hall–Kier alpha value is -1.03. The van der Waals surface area contributed by atoms with Crippen LogP contribution in [0.2, 0.25) is 0 Å². The summed E-state index contributed by atoms with van der Waals surface area (Å²) in [7, 11) is 0. The molecular formula is C16H23FO2S. The van der Waals surface area contributed by atoms with Crippen LogP contribution in [-0.4, -0.2) is 18.0 Å². The van der Waals surface area contributed by atoms with Gasteiger partial charge in [-0.25, -0.2) is 4.39 Å². The molecule has 20 heavy (non-hydrogen) atoms. The molecule has 0 N–H and O–H groups in total. The molecule has 1 rings (SSSR count). The Morgan fingerprint density at radius 2 is 2.10 bits per heavy atom. The summed E-state index contributed by atoms with van der Waals surface area (Å²) in [6.45, 7) is 1.90. The lowest BCUT2D eigenvalue weighted by Crippen LogP contribution is -1.97. The van der Waals surface area contributed by atoms with Crippen LogP contribution in [0.15, 0.2) is 18.2 Å². The third-order valence-electron chi connectivity index (χ3n) is 3.14. The molecule has 1 aromatic carbocycles. The zero-order valence-electron chi connectivity index (χ0n) is 12.3.